The van der Waals surface area contributed by atoms with Gasteiger partial charge in [0.2, 0.25) is 5.91 Å². The molecule has 5 amide bonds. The number of nitrogens with two attached hydrogens (primary N) is 1. The van der Waals surface area contributed by atoms with Crippen molar-refractivity contribution in [2.75, 3.05) is 75.6 Å². The predicted octanol–water partition coefficient (Wildman–Crippen LogP) is 10.5. The van der Waals surface area contributed by atoms with Crippen molar-refractivity contribution >= 4 is 94.0 Å². The summed E-state index contributed by atoms with van der Waals surface area (Å²) in [6.07, 6.45) is 10.1. The quantitative estimate of drug-likeness (QED) is 0.0226. The number of ether oxygens (including phenoxy) is 6. The average Bonchev–Trinajstić information content (AvgIpc) is 1.62. The van der Waals surface area contributed by atoms with E-state index in [2.05, 4.69) is 35.4 Å². The summed E-state index contributed by atoms with van der Waals surface area (Å²) in [5, 5.41) is 17.1. The van der Waals surface area contributed by atoms with Crippen molar-refractivity contribution in [1.29, 1.82) is 0 Å². The number of amides is 5. The maximum atomic E-state index is 13.6. The summed E-state index contributed by atoms with van der Waals surface area (Å²) in [4.78, 5) is 110. The van der Waals surface area contributed by atoms with Gasteiger partial charge in [0, 0.05) is 124 Å². The van der Waals surface area contributed by atoms with E-state index in [1.807, 2.05) is 104 Å². The third-order valence-corrected chi connectivity index (χ3v) is 16.8. The van der Waals surface area contributed by atoms with Crippen LogP contribution in [0.3, 0.4) is 0 Å². The Balaban J connectivity index is 0.000000193. The number of aromatic nitrogens is 2. The van der Waals surface area contributed by atoms with E-state index < -0.39 is 11.9 Å². The summed E-state index contributed by atoms with van der Waals surface area (Å²) < 4.78 is 35.2. The van der Waals surface area contributed by atoms with Gasteiger partial charge < -0.3 is 64.3 Å². The Morgan fingerprint density at radius 2 is 0.970 bits per heavy atom. The number of carbonyl (C=O) groups excluding carboxylic acids is 7. The van der Waals surface area contributed by atoms with Crippen LogP contribution < -0.4 is 50.4 Å². The third kappa shape index (κ3) is 17.2. The fourth-order valence-corrected chi connectivity index (χ4v) is 11.7. The van der Waals surface area contributed by atoms with Gasteiger partial charge in [0.05, 0.1) is 89.1 Å². The SMILES string of the molecule is C.COC(=O)CCNC(=O)c1cc(-c2ccc(N)cc2)cn1C.COC(=O)CCNC(=O)c1cc(-c2ccc(NC(=O)CCCOc3cc4c(cc3OC)C(=O)N3c5ccccc5C[C@H]3C=N4)cc2)cn1C.COc1cc2c(cc1OCCCC(=O)O)N=C[C@@H]1Cc3ccccc3N1C2=O. The minimum Gasteiger partial charge on any atom is -0.493 e. The van der Waals surface area contributed by atoms with E-state index in [1.165, 1.54) is 28.4 Å². The molecule has 0 spiro atoms. The van der Waals surface area contributed by atoms with Crippen LogP contribution in [0, 0.1) is 0 Å². The molecule has 4 aliphatic rings. The van der Waals surface area contributed by atoms with Crippen molar-refractivity contribution in [1.82, 2.24) is 19.8 Å². The van der Waals surface area contributed by atoms with Gasteiger partial charge in [-0.1, -0.05) is 68.1 Å². The Morgan fingerprint density at radius 3 is 1.40 bits per heavy atom. The monoisotopic (exact) mass is 1360 g/mol. The van der Waals surface area contributed by atoms with Gasteiger partial charge in [-0.2, -0.15) is 0 Å². The molecule has 0 unspecified atom stereocenters. The minimum absolute atomic E-state index is 0. The topological polar surface area (TPSA) is 315 Å². The van der Waals surface area contributed by atoms with Crippen LogP contribution in [0.5, 0.6) is 23.0 Å². The molecule has 4 aliphatic heterocycles. The smallest absolute Gasteiger partial charge is 0.307 e. The lowest BCUT2D eigenvalue weighted by molar-refractivity contribution is -0.141. The molecular weight excluding hydrogens is 1280 g/mol. The standard InChI is InChI=1S/C37H37N5O7.C21H20N2O5.C16H19N3O3.CH4/c1-41-22-25(18-31(41)36(45)38-15-14-35(44)48-3)23-10-12-26(13-11-23)40-34(43)9-6-16-49-33-20-29-28(19-32(33)47-2)37(46)42-27(21-39-29)17-24-7-4-5-8-30(24)42;1-27-18-10-15-16(11-19(18)28-8-4-7-20(24)25)22-12-14-9-13-5-2-3-6-17(13)23(14)21(15)26;1-19-10-12(11-3-5-13(17)6-4-11)9-14(19)16(21)18-8-7-15(20)22-2;/h4-5,7-8,10-13,18-22,27H,6,9,14-17H2,1-3H3,(H,38,45)(H,40,43);2-3,5-6,10-12,14H,4,7-9H2,1H3,(H,24,25);3-6,9-10H,7-8,17H2,1-2H3,(H,18,21);1H4/t27-;14-;;/m00../s1. The van der Waals surface area contributed by atoms with Gasteiger partial charge in [0.25, 0.3) is 23.6 Å². The first-order valence-electron chi connectivity index (χ1n) is 32.0. The molecule has 2 atom stereocenters. The number of hydrogen-bond donors (Lipinski definition) is 5. The Kier molecular flexibility index (Phi) is 24.1. The number of carbonyl (C=O) groups is 8. The molecule has 0 bridgehead atoms. The number of benzene rings is 6. The molecular formula is C75H80N10O15. The average molecular weight is 1360 g/mol. The van der Waals surface area contributed by atoms with Crippen molar-refractivity contribution < 1.29 is 71.9 Å². The lowest BCUT2D eigenvalue weighted by atomic mass is 10.1. The van der Waals surface area contributed by atoms with Crippen molar-refractivity contribution in [2.45, 2.75) is 70.9 Å². The number of para-hydroxylation sites is 2. The lowest BCUT2D eigenvalue weighted by Crippen LogP contribution is -2.37. The van der Waals surface area contributed by atoms with E-state index >= 15 is 0 Å². The second-order valence-electron chi connectivity index (χ2n) is 23.4. The summed E-state index contributed by atoms with van der Waals surface area (Å²) in [6.45, 7) is 0.921. The van der Waals surface area contributed by atoms with E-state index in [-0.39, 0.29) is 107 Å². The summed E-state index contributed by atoms with van der Waals surface area (Å²) in [5.74, 6) is -0.820. The number of methoxy groups -OCH3 is 4. The number of nitrogen functional groups attached to an aromatic ring is 1. The molecule has 0 radical (unpaired) electrons. The molecule has 25 heteroatoms. The molecule has 100 heavy (non-hydrogen) atoms. The fourth-order valence-electron chi connectivity index (χ4n) is 11.7. The highest BCUT2D eigenvalue weighted by molar-refractivity contribution is 6.16. The van der Waals surface area contributed by atoms with Gasteiger partial charge in [0.15, 0.2) is 23.0 Å². The van der Waals surface area contributed by atoms with E-state index in [1.54, 1.807) is 87.8 Å². The number of esters is 2. The normalized spacial score (nSPS) is 14.0. The van der Waals surface area contributed by atoms with Crippen LogP contribution >= 0.6 is 0 Å². The molecule has 12 rings (SSSR count). The predicted molar refractivity (Wildman–Crippen MR) is 380 cm³/mol. The van der Waals surface area contributed by atoms with Gasteiger partial charge in [-0.3, -0.25) is 58.1 Å². The summed E-state index contributed by atoms with van der Waals surface area (Å²) in [6, 6.07) is 40.6. The molecule has 6 heterocycles. The number of fused-ring (bicyclic) bond motifs is 8. The number of aryl methyl sites for hydroxylation is 2. The highest BCUT2D eigenvalue weighted by Crippen LogP contribution is 2.43. The molecule has 2 aromatic heterocycles. The van der Waals surface area contributed by atoms with Crippen LogP contribution in [0.25, 0.3) is 22.3 Å². The number of hydrogen-bond acceptors (Lipinski definition) is 17. The molecule has 0 aliphatic carbocycles. The number of carboxylic acid groups (broad SMARTS) is 1. The fraction of sp³-hybridized carbons (Fsp3) is 0.280. The zero-order valence-electron chi connectivity index (χ0n) is 55.6. The van der Waals surface area contributed by atoms with Crippen LogP contribution in [0.15, 0.2) is 156 Å². The number of nitrogens with zero attached hydrogens (tertiary/aromatic N) is 6. The third-order valence-electron chi connectivity index (χ3n) is 16.8. The number of nitrogens with one attached hydrogen (secondary N) is 3. The van der Waals surface area contributed by atoms with Gasteiger partial charge in [-0.15, -0.1) is 0 Å². The van der Waals surface area contributed by atoms with E-state index in [9.17, 15) is 38.4 Å². The number of anilines is 4. The molecule has 25 nitrogen and oxygen atoms in total. The molecule has 520 valence electrons. The first-order chi connectivity index (χ1) is 47.8. The van der Waals surface area contributed by atoms with Crippen molar-refractivity contribution in [3.8, 4) is 45.3 Å². The van der Waals surface area contributed by atoms with Crippen molar-refractivity contribution in [3.05, 3.63) is 179 Å². The van der Waals surface area contributed by atoms with Crippen LogP contribution in [0.2, 0.25) is 0 Å². The Labute approximate surface area is 578 Å². The van der Waals surface area contributed by atoms with Gasteiger partial charge in [0.1, 0.15) is 11.4 Å². The Bertz CT molecular complexity index is 4400. The zero-order chi connectivity index (χ0) is 70.3. The first kappa shape index (κ1) is 72.3. The number of rotatable bonds is 23. The second-order valence-corrected chi connectivity index (χ2v) is 23.4. The summed E-state index contributed by atoms with van der Waals surface area (Å²) in [7, 11) is 9.23. The zero-order valence-corrected chi connectivity index (χ0v) is 55.6. The van der Waals surface area contributed by atoms with Crippen LogP contribution in [0.1, 0.15) is 98.8 Å². The van der Waals surface area contributed by atoms with Crippen LogP contribution in [-0.4, -0.2) is 141 Å². The van der Waals surface area contributed by atoms with Gasteiger partial charge in [-0.05, 0) is 95.8 Å². The maximum Gasteiger partial charge on any atom is 0.307 e. The maximum absolute atomic E-state index is 13.6. The highest BCUT2D eigenvalue weighted by atomic mass is 16.5. The first-order valence-corrected chi connectivity index (χ1v) is 32.0. The molecule has 6 N–H and O–H groups in total. The van der Waals surface area contributed by atoms with Crippen molar-refractivity contribution in [3.63, 3.8) is 0 Å². The number of aliphatic imine (C=N–C) groups is 2. The molecule has 0 saturated carbocycles. The molecule has 0 saturated heterocycles. The van der Waals surface area contributed by atoms with E-state index in [0.29, 0.717) is 87.5 Å². The summed E-state index contributed by atoms with van der Waals surface area (Å²) in [5.41, 5.74) is 17.6. The van der Waals surface area contributed by atoms with Crippen LogP contribution in [-0.2, 0) is 55.6 Å². The highest BCUT2D eigenvalue weighted by Gasteiger charge is 2.38. The van der Waals surface area contributed by atoms with Crippen molar-refractivity contribution in [2.24, 2.45) is 24.1 Å². The van der Waals surface area contributed by atoms with E-state index in [0.717, 1.165) is 51.2 Å². The van der Waals surface area contributed by atoms with Gasteiger partial charge >= 0.3 is 17.9 Å². The lowest BCUT2D eigenvalue weighted by Gasteiger charge is -2.22. The molecule has 0 fully saturated rings. The summed E-state index contributed by atoms with van der Waals surface area (Å²) >= 11 is 0. The minimum atomic E-state index is -0.867. The van der Waals surface area contributed by atoms with Gasteiger partial charge in [-0.25, -0.2) is 0 Å². The number of carboxylic acids is 1. The molecule has 6 aromatic carbocycles. The Hall–Kier alpha value is -12.0. The second kappa shape index (κ2) is 33.3. The molecule has 8 aromatic rings. The largest absolute Gasteiger partial charge is 0.493 e. The van der Waals surface area contributed by atoms with E-state index in [4.69, 9.17) is 29.8 Å². The number of aliphatic carboxylic acids is 1. The Morgan fingerprint density at radius 1 is 0.540 bits per heavy atom. The van der Waals surface area contributed by atoms with Crippen LogP contribution in [0.4, 0.5) is 34.1 Å².